The second-order valence-corrected chi connectivity index (χ2v) is 7.28. The van der Waals surface area contributed by atoms with Gasteiger partial charge in [0.2, 0.25) is 0 Å². The van der Waals surface area contributed by atoms with Crippen LogP contribution in [0, 0.1) is 13.8 Å². The summed E-state index contributed by atoms with van der Waals surface area (Å²) < 4.78 is 3.35. The zero-order valence-corrected chi connectivity index (χ0v) is 17.9. The van der Waals surface area contributed by atoms with Crippen LogP contribution in [-0.2, 0) is 0 Å². The Bertz CT molecular complexity index is 1130. The van der Waals surface area contributed by atoms with Crippen LogP contribution in [-0.4, -0.2) is 32.0 Å². The molecule has 0 bridgehead atoms. The largest absolute Gasteiger partial charge is 0.221 e. The zero-order chi connectivity index (χ0) is 21.1. The van der Waals surface area contributed by atoms with E-state index < -0.39 is 0 Å². The molecule has 6 nitrogen and oxygen atoms in total. The van der Waals surface area contributed by atoms with Crippen LogP contribution in [0.2, 0.25) is 10.3 Å². The van der Waals surface area contributed by atoms with E-state index in [-0.39, 0.29) is 0 Å². The summed E-state index contributed by atoms with van der Waals surface area (Å²) in [6.07, 6.45) is 3.18. The Kier molecular flexibility index (Phi) is 5.79. The lowest BCUT2D eigenvalue weighted by atomic mass is 10.3. The Balaban J connectivity index is 1.58. The first kappa shape index (κ1) is 20.1. The molecule has 30 heavy (non-hydrogen) atoms. The lowest BCUT2D eigenvalue weighted by molar-refractivity contribution is 0.863. The molecule has 4 aromatic rings. The van der Waals surface area contributed by atoms with Gasteiger partial charge in [-0.2, -0.15) is 20.4 Å². The molecule has 0 aliphatic heterocycles. The Morgan fingerprint density at radius 1 is 0.667 bits per heavy atom. The summed E-state index contributed by atoms with van der Waals surface area (Å²) in [5.41, 5.74) is 4.69. The van der Waals surface area contributed by atoms with Gasteiger partial charge in [-0.15, -0.1) is 0 Å². The van der Waals surface area contributed by atoms with E-state index in [2.05, 4.69) is 20.4 Å². The fourth-order valence-corrected chi connectivity index (χ4v) is 3.62. The molecule has 0 saturated carbocycles. The molecule has 4 rings (SSSR count). The first-order valence-corrected chi connectivity index (χ1v) is 9.99. The van der Waals surface area contributed by atoms with Gasteiger partial charge in [0.15, 0.2) is 0 Å². The Labute approximate surface area is 184 Å². The maximum atomic E-state index is 6.50. The minimum atomic E-state index is 0.476. The third-order valence-electron chi connectivity index (χ3n) is 4.54. The smallest absolute Gasteiger partial charge is 0.142 e. The van der Waals surface area contributed by atoms with Crippen molar-refractivity contribution in [3.63, 3.8) is 0 Å². The number of rotatable bonds is 5. The van der Waals surface area contributed by atoms with Gasteiger partial charge in [0.25, 0.3) is 0 Å². The molecule has 0 radical (unpaired) electrons. The first-order chi connectivity index (χ1) is 14.6. The highest BCUT2D eigenvalue weighted by atomic mass is 35.5. The highest BCUT2D eigenvalue weighted by Gasteiger charge is 2.14. The van der Waals surface area contributed by atoms with Crippen molar-refractivity contribution in [1.29, 1.82) is 0 Å². The molecule has 8 heteroatoms. The predicted octanol–water partition coefficient (Wildman–Crippen LogP) is 5.43. The van der Waals surface area contributed by atoms with Gasteiger partial charge in [-0.25, -0.2) is 9.36 Å². The quantitative estimate of drug-likeness (QED) is 0.309. The standard InChI is InChI=1S/C22H18Cl2N6/c1-15-19(21(23)29(27-15)17-9-5-3-6-10-17)13-25-26-14-20-16(2)28-30(22(20)24)18-11-7-4-8-12-18/h3-14H,1-2H3/b25-13-,26-14-. The summed E-state index contributed by atoms with van der Waals surface area (Å²) >= 11 is 13.0. The van der Waals surface area contributed by atoms with Crippen LogP contribution in [0.5, 0.6) is 0 Å². The molecule has 0 fully saturated rings. The minimum absolute atomic E-state index is 0.476. The van der Waals surface area contributed by atoms with E-state index in [4.69, 9.17) is 23.2 Å². The average Bonchev–Trinajstić information content (AvgIpc) is 3.22. The van der Waals surface area contributed by atoms with Crippen LogP contribution in [0.1, 0.15) is 22.5 Å². The van der Waals surface area contributed by atoms with Crippen LogP contribution in [0.25, 0.3) is 11.4 Å². The van der Waals surface area contributed by atoms with Crippen molar-refractivity contribution in [3.05, 3.63) is 93.5 Å². The second kappa shape index (κ2) is 8.65. The third kappa shape index (κ3) is 3.92. The number of hydrogen-bond acceptors (Lipinski definition) is 4. The number of para-hydroxylation sites is 2. The fraction of sp³-hybridized carbons (Fsp3) is 0.0909. The topological polar surface area (TPSA) is 60.4 Å². The summed E-state index contributed by atoms with van der Waals surface area (Å²) in [5, 5.41) is 18.2. The normalized spacial score (nSPS) is 11.7. The zero-order valence-electron chi connectivity index (χ0n) is 16.4. The van der Waals surface area contributed by atoms with Crippen molar-refractivity contribution in [1.82, 2.24) is 19.6 Å². The maximum Gasteiger partial charge on any atom is 0.142 e. The molecular weight excluding hydrogens is 419 g/mol. The van der Waals surface area contributed by atoms with Crippen LogP contribution in [0.15, 0.2) is 70.9 Å². The van der Waals surface area contributed by atoms with E-state index >= 15 is 0 Å². The Morgan fingerprint density at radius 2 is 1.03 bits per heavy atom. The van der Waals surface area contributed by atoms with Gasteiger partial charge in [-0.1, -0.05) is 59.6 Å². The molecule has 0 aliphatic rings. The van der Waals surface area contributed by atoms with Crippen LogP contribution in [0.3, 0.4) is 0 Å². The molecule has 0 aliphatic carbocycles. The Morgan fingerprint density at radius 3 is 1.40 bits per heavy atom. The summed E-state index contributed by atoms with van der Waals surface area (Å²) in [6, 6.07) is 19.4. The number of halogens is 2. The molecule has 0 saturated heterocycles. The molecule has 0 N–H and O–H groups in total. The van der Waals surface area contributed by atoms with E-state index in [1.807, 2.05) is 74.5 Å². The lowest BCUT2D eigenvalue weighted by Crippen LogP contribution is -1.96. The molecule has 2 aromatic carbocycles. The van der Waals surface area contributed by atoms with E-state index in [0.29, 0.717) is 21.4 Å². The van der Waals surface area contributed by atoms with Crippen molar-refractivity contribution in [2.24, 2.45) is 10.2 Å². The van der Waals surface area contributed by atoms with Crippen molar-refractivity contribution in [2.75, 3.05) is 0 Å². The molecule has 0 amide bonds. The SMILES string of the molecule is Cc1nn(-c2ccccc2)c(Cl)c1/C=N\N=C/c1c(C)nn(-c2ccccc2)c1Cl. The number of nitrogens with zero attached hydrogens (tertiary/aromatic N) is 6. The average molecular weight is 437 g/mol. The summed E-state index contributed by atoms with van der Waals surface area (Å²) in [5.74, 6) is 0. The van der Waals surface area contributed by atoms with E-state index in [0.717, 1.165) is 22.8 Å². The van der Waals surface area contributed by atoms with Crippen molar-refractivity contribution >= 4 is 35.6 Å². The van der Waals surface area contributed by atoms with Crippen LogP contribution in [0.4, 0.5) is 0 Å². The molecule has 0 atom stereocenters. The predicted molar refractivity (Wildman–Crippen MR) is 122 cm³/mol. The first-order valence-electron chi connectivity index (χ1n) is 9.23. The van der Waals surface area contributed by atoms with Crippen molar-refractivity contribution in [2.45, 2.75) is 13.8 Å². The van der Waals surface area contributed by atoms with Gasteiger partial charge >= 0.3 is 0 Å². The Hall–Kier alpha value is -3.22. The number of hydrogen-bond donors (Lipinski definition) is 0. The molecular formula is C22H18Cl2N6. The van der Waals surface area contributed by atoms with Gasteiger partial charge in [0.05, 0.1) is 46.3 Å². The molecule has 0 spiro atoms. The fourth-order valence-electron chi connectivity index (χ4n) is 2.98. The maximum absolute atomic E-state index is 6.50. The number of aromatic nitrogens is 4. The summed E-state index contributed by atoms with van der Waals surface area (Å²) in [4.78, 5) is 0. The number of benzene rings is 2. The molecule has 150 valence electrons. The van der Waals surface area contributed by atoms with Gasteiger partial charge in [-0.3, -0.25) is 0 Å². The molecule has 2 aromatic heterocycles. The minimum Gasteiger partial charge on any atom is -0.221 e. The van der Waals surface area contributed by atoms with Crippen molar-refractivity contribution < 1.29 is 0 Å². The van der Waals surface area contributed by atoms with Gasteiger partial charge in [0, 0.05) is 0 Å². The molecule has 2 heterocycles. The monoisotopic (exact) mass is 436 g/mol. The van der Waals surface area contributed by atoms with Gasteiger partial charge in [-0.05, 0) is 38.1 Å². The summed E-state index contributed by atoms with van der Waals surface area (Å²) in [6.45, 7) is 3.75. The highest BCUT2D eigenvalue weighted by Crippen LogP contribution is 2.23. The lowest BCUT2D eigenvalue weighted by Gasteiger charge is -2.01. The van der Waals surface area contributed by atoms with Gasteiger partial charge in [0.1, 0.15) is 10.3 Å². The summed E-state index contributed by atoms with van der Waals surface area (Å²) in [7, 11) is 0. The number of aryl methyl sites for hydroxylation is 2. The van der Waals surface area contributed by atoms with Crippen LogP contribution < -0.4 is 0 Å². The third-order valence-corrected chi connectivity index (χ3v) is 5.27. The van der Waals surface area contributed by atoms with E-state index in [1.165, 1.54) is 0 Å². The molecule has 0 unspecified atom stereocenters. The van der Waals surface area contributed by atoms with E-state index in [1.54, 1.807) is 21.8 Å². The second-order valence-electron chi connectivity index (χ2n) is 6.56. The van der Waals surface area contributed by atoms with Crippen LogP contribution >= 0.6 is 23.2 Å². The van der Waals surface area contributed by atoms with Crippen molar-refractivity contribution in [3.8, 4) is 11.4 Å². The van der Waals surface area contributed by atoms with Gasteiger partial charge < -0.3 is 0 Å². The van der Waals surface area contributed by atoms with E-state index in [9.17, 15) is 0 Å². The highest BCUT2D eigenvalue weighted by molar-refractivity contribution is 6.33.